The standard InChI is InChI=1S/2C6H14N.C4H10O.4ClH.2Ti/c1-5(2)7-6(3)4;1-3-5-7-6-4-2;1-2-3-4-5;;;;;;/h5-6H,1-4H3;3-6H2,1-2H3;5H,2-4H2,1H3;4*1H;;/q2*-1;;;;;;2*+2/p-4. The number of rotatable bonds is 8. The quantitative estimate of drug-likeness (QED) is 0.261. The first-order valence-electron chi connectivity index (χ1n) is 8.65. The van der Waals surface area contributed by atoms with Gasteiger partial charge in [-0.15, -0.1) is 25.2 Å². The van der Waals surface area contributed by atoms with E-state index in [1.165, 1.54) is 12.8 Å². The molecule has 0 radical (unpaired) electrons. The Hall–Kier alpha value is 2.47. The van der Waals surface area contributed by atoms with Crippen LogP contribution in [0.2, 0.25) is 0 Å². The van der Waals surface area contributed by atoms with Crippen LogP contribution < -0.4 is 0 Å². The van der Waals surface area contributed by atoms with Crippen LogP contribution in [-0.2, 0) is 34.1 Å². The predicted molar refractivity (Wildman–Crippen MR) is 113 cm³/mol. The van der Waals surface area contributed by atoms with Crippen molar-refractivity contribution in [2.45, 2.75) is 86.2 Å². The van der Waals surface area contributed by atoms with E-state index in [2.05, 4.69) is 59.1 Å². The zero-order valence-corrected chi connectivity index (χ0v) is 23.1. The topological polar surface area (TPSA) is 48.4 Å². The van der Waals surface area contributed by atoms with Crippen molar-refractivity contribution >= 4 is 37.2 Å². The Balaban J connectivity index is -0.0000000699. The van der Waals surface area contributed by atoms with Crippen LogP contribution in [0.25, 0.3) is 10.6 Å². The van der Waals surface area contributed by atoms with Crippen LogP contribution in [0.3, 0.4) is 0 Å². The molecule has 0 atom stereocenters. The molecule has 0 rings (SSSR count). The first-order chi connectivity index (χ1) is 11.8. The van der Waals surface area contributed by atoms with E-state index >= 15 is 0 Å². The molecule has 0 saturated carbocycles. The summed E-state index contributed by atoms with van der Waals surface area (Å²) in [5.74, 6) is 0. The maximum atomic E-state index is 8.07. The molecule has 0 aliphatic rings. The Morgan fingerprint density at radius 3 is 1.16 bits per heavy atom. The molecule has 0 unspecified atom stereocenters. The fourth-order valence-corrected chi connectivity index (χ4v) is 1.18. The van der Waals surface area contributed by atoms with E-state index in [-0.39, 0.29) is 0 Å². The molecule has 1 N–H and O–H groups in total. The van der Waals surface area contributed by atoms with Gasteiger partial charge in [0.1, 0.15) is 0 Å². The third-order valence-electron chi connectivity index (χ3n) is 1.87. The molecule has 0 spiro atoms. The average molecular weight is 512 g/mol. The molecular weight excluding hydrogens is 474 g/mol. The van der Waals surface area contributed by atoms with Gasteiger partial charge in [0.05, 0.1) is 0 Å². The van der Waals surface area contributed by atoms with Crippen molar-refractivity contribution in [3.63, 3.8) is 0 Å². The average Bonchev–Trinajstić information content (AvgIpc) is 2.50. The minimum absolute atomic E-state index is 0.344. The van der Waals surface area contributed by atoms with Gasteiger partial charge in [0, 0.05) is 6.61 Å². The Kier molecular flexibility index (Phi) is 69.1. The number of aliphatic hydroxyl groups is 1. The second-order valence-electron chi connectivity index (χ2n) is 5.23. The Morgan fingerprint density at radius 2 is 1.08 bits per heavy atom. The zero-order chi connectivity index (χ0) is 20.9. The Bertz CT molecular complexity index is 161. The van der Waals surface area contributed by atoms with Crippen LogP contribution in [0.5, 0.6) is 0 Å². The van der Waals surface area contributed by atoms with Crippen LogP contribution in [0.4, 0.5) is 0 Å². The molecule has 0 aromatic heterocycles. The minimum atomic E-state index is -0.556. The first kappa shape index (κ1) is 38.1. The monoisotopic (exact) mass is 510 g/mol. The maximum absolute atomic E-state index is 8.07. The van der Waals surface area contributed by atoms with Crippen molar-refractivity contribution in [1.82, 2.24) is 0 Å². The fraction of sp³-hybridized carbons (Fsp3) is 1.00. The number of nitrogens with zero attached hydrogens (tertiary/aromatic N) is 2. The van der Waals surface area contributed by atoms with Gasteiger partial charge in [-0.2, -0.15) is 0 Å². The summed E-state index contributed by atoms with van der Waals surface area (Å²) < 4.78 is 0. The number of aliphatic hydroxyl groups excluding tert-OH is 1. The summed E-state index contributed by atoms with van der Waals surface area (Å²) in [7, 11) is 19.6. The molecule has 3 nitrogen and oxygen atoms in total. The van der Waals surface area contributed by atoms with Gasteiger partial charge >= 0.3 is 71.3 Å². The van der Waals surface area contributed by atoms with Gasteiger partial charge < -0.3 is 15.7 Å². The van der Waals surface area contributed by atoms with Crippen molar-refractivity contribution in [2.75, 3.05) is 19.7 Å². The van der Waals surface area contributed by atoms with Gasteiger partial charge in [0.15, 0.2) is 0 Å². The van der Waals surface area contributed by atoms with E-state index in [4.69, 9.17) is 42.3 Å². The summed E-state index contributed by atoms with van der Waals surface area (Å²) in [5, 5.41) is 16.6. The van der Waals surface area contributed by atoms with Crippen molar-refractivity contribution in [3.05, 3.63) is 10.6 Å². The third-order valence-corrected chi connectivity index (χ3v) is 1.87. The molecular formula is C16H38Cl4N2OTi2-2. The van der Waals surface area contributed by atoms with Gasteiger partial charge in [-0.05, 0) is 6.42 Å². The summed E-state index contributed by atoms with van der Waals surface area (Å²) in [6.07, 6.45) is 4.43. The van der Waals surface area contributed by atoms with E-state index in [1.807, 2.05) is 0 Å². The molecule has 0 aromatic rings. The second kappa shape index (κ2) is 45.3. The number of unbranched alkanes of at least 4 members (excludes halogenated alkanes) is 1. The summed E-state index contributed by atoms with van der Waals surface area (Å²) in [6, 6.07) is 1.000. The van der Waals surface area contributed by atoms with Crippen LogP contribution in [0.1, 0.15) is 74.1 Å². The molecule has 156 valence electrons. The van der Waals surface area contributed by atoms with Gasteiger partial charge in [-0.3, -0.25) is 0 Å². The van der Waals surface area contributed by atoms with E-state index < -0.39 is 34.1 Å². The van der Waals surface area contributed by atoms with Crippen molar-refractivity contribution in [2.24, 2.45) is 0 Å². The molecule has 9 heteroatoms. The summed E-state index contributed by atoms with van der Waals surface area (Å²) in [6.45, 7) is 17.2. The fourth-order valence-electron chi connectivity index (χ4n) is 1.18. The van der Waals surface area contributed by atoms with Gasteiger partial charge in [-0.1, -0.05) is 67.7 Å². The van der Waals surface area contributed by atoms with Gasteiger partial charge in [0.2, 0.25) is 0 Å². The molecule has 0 bridgehead atoms. The molecule has 0 heterocycles. The molecule has 0 saturated heterocycles. The molecule has 0 fully saturated rings. The van der Waals surface area contributed by atoms with Crippen molar-refractivity contribution in [1.29, 1.82) is 0 Å². The van der Waals surface area contributed by atoms with Crippen LogP contribution >= 0.6 is 37.2 Å². The zero-order valence-electron chi connectivity index (χ0n) is 17.0. The van der Waals surface area contributed by atoms with Crippen molar-refractivity contribution in [3.8, 4) is 0 Å². The van der Waals surface area contributed by atoms with E-state index in [0.717, 1.165) is 25.9 Å². The molecule has 0 aliphatic carbocycles. The third kappa shape index (κ3) is 102. The van der Waals surface area contributed by atoms with E-state index in [1.54, 1.807) is 0 Å². The summed E-state index contributed by atoms with van der Waals surface area (Å²) >= 11 is -1.11. The summed E-state index contributed by atoms with van der Waals surface area (Å²) in [4.78, 5) is 0. The van der Waals surface area contributed by atoms with Crippen LogP contribution in [0, 0.1) is 0 Å². The van der Waals surface area contributed by atoms with Gasteiger partial charge in [0.25, 0.3) is 0 Å². The molecule has 0 amide bonds. The van der Waals surface area contributed by atoms with E-state index in [0.29, 0.717) is 18.7 Å². The summed E-state index contributed by atoms with van der Waals surface area (Å²) in [5.41, 5.74) is 0. The Morgan fingerprint density at radius 1 is 0.760 bits per heavy atom. The van der Waals surface area contributed by atoms with Crippen LogP contribution in [-0.4, -0.2) is 36.9 Å². The normalized spacial score (nSPS) is 8.56. The second-order valence-corrected chi connectivity index (χ2v) is 10.4. The number of halogens is 4. The first-order valence-corrected chi connectivity index (χ1v) is 17.2. The van der Waals surface area contributed by atoms with Crippen molar-refractivity contribution < 1.29 is 39.2 Å². The van der Waals surface area contributed by atoms with Crippen LogP contribution in [0.15, 0.2) is 0 Å². The SMILES string of the molecule is CC(C)[N-]C(C)C.CCCCO.CCC[N-]CCC.[Cl][Ti][Cl].[Cl][Ti][Cl]. The van der Waals surface area contributed by atoms with Gasteiger partial charge in [-0.25, -0.2) is 0 Å². The predicted octanol–water partition coefficient (Wildman–Crippen LogP) is 7.89. The number of hydrogen-bond donors (Lipinski definition) is 1. The Labute approximate surface area is 191 Å². The molecule has 25 heavy (non-hydrogen) atoms. The number of hydrogen-bond acceptors (Lipinski definition) is 1. The molecule has 0 aromatic carbocycles. The molecule has 0 aliphatic heterocycles. The van der Waals surface area contributed by atoms with E-state index in [9.17, 15) is 0 Å².